The van der Waals surface area contributed by atoms with E-state index in [1.807, 2.05) is 42.5 Å². The van der Waals surface area contributed by atoms with Gasteiger partial charge in [0.15, 0.2) is 0 Å². The molecule has 54 heavy (non-hydrogen) atoms. The van der Waals surface area contributed by atoms with Crippen LogP contribution in [0.3, 0.4) is 0 Å². The lowest BCUT2D eigenvalue weighted by molar-refractivity contribution is -0.223. The van der Waals surface area contributed by atoms with Gasteiger partial charge in [-0.1, -0.05) is 36.2 Å². The number of oxime groups is 1. The van der Waals surface area contributed by atoms with Crippen molar-refractivity contribution < 1.29 is 34.1 Å². The van der Waals surface area contributed by atoms with Gasteiger partial charge in [0, 0.05) is 48.6 Å². The van der Waals surface area contributed by atoms with Crippen LogP contribution in [-0.4, -0.2) is 59.8 Å². The fraction of sp³-hybridized carbons (Fsp3) is 0.455. The SMILES string of the molecule is C=CCO[C@@]12Oc3ccc(Oc4ccc(C)c(C)c4)cc3[C@H]3[C@H](CCCCO)[C@@H](CCCCO)C=C(C(=NOC)C[C@@H]1Sc1ccc(NC(C)=O)cc1)[C@H]32. The highest BCUT2D eigenvalue weighted by Gasteiger charge is 2.64. The molecule has 6 rings (SSSR count). The average molecular weight is 755 g/mol. The maximum absolute atomic E-state index is 11.7. The minimum absolute atomic E-state index is 0.0488. The Morgan fingerprint density at radius 2 is 1.72 bits per heavy atom. The van der Waals surface area contributed by atoms with Gasteiger partial charge in [0.05, 0.1) is 23.5 Å². The van der Waals surface area contributed by atoms with Crippen molar-refractivity contribution in [1.29, 1.82) is 0 Å². The first-order chi connectivity index (χ1) is 26.2. The molecule has 0 spiro atoms. The number of nitrogens with zero attached hydrogens (tertiary/aromatic N) is 1. The second-order valence-electron chi connectivity index (χ2n) is 14.6. The van der Waals surface area contributed by atoms with Gasteiger partial charge >= 0.3 is 0 Å². The van der Waals surface area contributed by atoms with E-state index >= 15 is 0 Å². The average Bonchev–Trinajstić information content (AvgIpc) is 3.15. The van der Waals surface area contributed by atoms with Crippen LogP contribution in [0.2, 0.25) is 0 Å². The Hall–Kier alpha value is -4.09. The smallest absolute Gasteiger partial charge is 0.231 e. The van der Waals surface area contributed by atoms with Crippen molar-refractivity contribution in [3.8, 4) is 17.2 Å². The summed E-state index contributed by atoms with van der Waals surface area (Å²) in [6.45, 7) is 10.3. The van der Waals surface area contributed by atoms with Crippen LogP contribution in [0.1, 0.15) is 74.5 Å². The van der Waals surface area contributed by atoms with Gasteiger partial charge in [0.2, 0.25) is 11.7 Å². The summed E-state index contributed by atoms with van der Waals surface area (Å²) < 4.78 is 20.8. The van der Waals surface area contributed by atoms with Crippen LogP contribution in [0.4, 0.5) is 5.69 Å². The predicted octanol–water partition coefficient (Wildman–Crippen LogP) is 9.11. The number of nitrogens with one attached hydrogen (secondary N) is 1. The summed E-state index contributed by atoms with van der Waals surface area (Å²) in [5.74, 6) is 1.10. The van der Waals surface area contributed by atoms with Gasteiger partial charge in [-0.2, -0.15) is 0 Å². The number of rotatable bonds is 17. The molecule has 0 saturated heterocycles. The first-order valence-corrected chi connectivity index (χ1v) is 20.0. The molecule has 1 amide bonds. The molecule has 10 heteroatoms. The summed E-state index contributed by atoms with van der Waals surface area (Å²) in [4.78, 5) is 18.3. The maximum Gasteiger partial charge on any atom is 0.231 e. The number of fused-ring (bicyclic) bond motifs is 2. The zero-order valence-corrected chi connectivity index (χ0v) is 32.7. The lowest BCUT2D eigenvalue weighted by atomic mass is 9.56. The molecule has 2 aliphatic carbocycles. The van der Waals surface area contributed by atoms with Crippen LogP contribution in [0.25, 0.3) is 0 Å². The maximum atomic E-state index is 11.7. The zero-order chi connectivity index (χ0) is 38.2. The normalized spacial score (nSPS) is 24.8. The number of aliphatic hydroxyl groups is 2. The molecule has 1 aliphatic heterocycles. The van der Waals surface area contributed by atoms with Gasteiger partial charge in [-0.3, -0.25) is 4.79 Å². The lowest BCUT2D eigenvalue weighted by Crippen LogP contribution is -2.64. The first-order valence-electron chi connectivity index (χ1n) is 19.1. The van der Waals surface area contributed by atoms with E-state index in [0.717, 1.165) is 82.3 Å². The predicted molar refractivity (Wildman–Crippen MR) is 215 cm³/mol. The van der Waals surface area contributed by atoms with Gasteiger partial charge in [-0.25, -0.2) is 0 Å². The number of anilines is 1. The Labute approximate surface area is 323 Å². The molecular formula is C44H54N2O7S. The largest absolute Gasteiger partial charge is 0.460 e. The van der Waals surface area contributed by atoms with E-state index in [9.17, 15) is 15.0 Å². The second kappa shape index (κ2) is 18.0. The van der Waals surface area contributed by atoms with Crippen LogP contribution >= 0.6 is 11.8 Å². The molecule has 3 aromatic carbocycles. The fourth-order valence-corrected chi connectivity index (χ4v) is 9.79. The highest BCUT2D eigenvalue weighted by Crippen LogP contribution is 2.63. The van der Waals surface area contributed by atoms with Crippen LogP contribution in [-0.2, 0) is 14.4 Å². The number of amides is 1. The Morgan fingerprint density at radius 1 is 1.00 bits per heavy atom. The van der Waals surface area contributed by atoms with Crippen LogP contribution in [0, 0.1) is 31.6 Å². The van der Waals surface area contributed by atoms with E-state index in [1.54, 1.807) is 24.9 Å². The molecule has 9 nitrogen and oxygen atoms in total. The zero-order valence-electron chi connectivity index (χ0n) is 31.9. The summed E-state index contributed by atoms with van der Waals surface area (Å²) >= 11 is 1.67. The molecule has 0 unspecified atom stereocenters. The van der Waals surface area contributed by atoms with E-state index in [1.165, 1.54) is 12.5 Å². The molecule has 1 heterocycles. The highest BCUT2D eigenvalue weighted by molar-refractivity contribution is 8.00. The number of unbranched alkanes of at least 4 members (excludes halogenated alkanes) is 2. The minimum Gasteiger partial charge on any atom is -0.460 e. The minimum atomic E-state index is -1.10. The molecule has 0 bridgehead atoms. The van der Waals surface area contributed by atoms with Gasteiger partial charge in [-0.05, 0) is 123 Å². The monoisotopic (exact) mass is 754 g/mol. The van der Waals surface area contributed by atoms with Gasteiger partial charge in [0.25, 0.3) is 0 Å². The number of carbonyl (C=O) groups excluding carboxylic acids is 1. The standard InChI is InChI=1S/C44H54N2O7S/c1-6-23-51-44-41(54-35-18-14-32(15-19-35)45-30(4)49)27-39(46-50-5)37-25-31(11-7-9-21-47)36(12-8-10-22-48)42(43(37)44)38-26-34(17-20-40(38)53-44)52-33-16-13-28(2)29(3)24-33/h6,13-20,24-26,31,36,41-43,47-48H,1,7-12,21-23,27H2,2-5H3,(H,45,49)/t31-,36+,41-,42+,43+,44+/m0/s1. The summed E-state index contributed by atoms with van der Waals surface area (Å²) in [5.41, 5.74) is 6.10. The molecule has 3 aliphatic rings. The molecule has 3 aromatic rings. The Kier molecular flexibility index (Phi) is 13.2. The number of ether oxygens (including phenoxy) is 3. The van der Waals surface area contributed by atoms with Crippen molar-refractivity contribution >= 4 is 29.1 Å². The number of aryl methyl sites for hydroxylation is 2. The molecule has 1 fully saturated rings. The third-order valence-electron chi connectivity index (χ3n) is 11.0. The number of carbonyl (C=O) groups is 1. The number of hydrogen-bond acceptors (Lipinski definition) is 9. The molecular weight excluding hydrogens is 701 g/mol. The van der Waals surface area contributed by atoms with Gasteiger partial charge < -0.3 is 34.6 Å². The van der Waals surface area contributed by atoms with E-state index in [-0.39, 0.29) is 54.6 Å². The Bertz CT molecular complexity index is 1840. The molecule has 0 radical (unpaired) electrons. The Balaban J connectivity index is 1.52. The number of thioether (sulfide) groups is 1. The van der Waals surface area contributed by atoms with Crippen molar-refractivity contribution in [2.45, 2.75) is 87.6 Å². The first kappa shape index (κ1) is 39.6. The highest BCUT2D eigenvalue weighted by atomic mass is 32.2. The molecule has 288 valence electrons. The molecule has 0 aromatic heterocycles. The topological polar surface area (TPSA) is 119 Å². The summed E-state index contributed by atoms with van der Waals surface area (Å²) in [6.07, 6.45) is 9.70. The fourth-order valence-electron chi connectivity index (χ4n) is 8.50. The second-order valence-corrected chi connectivity index (χ2v) is 15.9. The van der Waals surface area contributed by atoms with Crippen LogP contribution in [0.5, 0.6) is 17.2 Å². The van der Waals surface area contributed by atoms with Crippen LogP contribution < -0.4 is 14.8 Å². The van der Waals surface area contributed by atoms with E-state index < -0.39 is 5.79 Å². The molecule has 1 saturated carbocycles. The third-order valence-corrected chi connectivity index (χ3v) is 12.3. The van der Waals surface area contributed by atoms with E-state index in [4.69, 9.17) is 19.0 Å². The number of benzene rings is 3. The number of hydrogen-bond donors (Lipinski definition) is 3. The van der Waals surface area contributed by atoms with Crippen molar-refractivity contribution in [2.24, 2.45) is 22.9 Å². The van der Waals surface area contributed by atoms with Crippen LogP contribution in [0.15, 0.2) is 95.0 Å². The number of aliphatic hydroxyl groups excluding tert-OH is 2. The summed E-state index contributed by atoms with van der Waals surface area (Å²) in [5, 5.41) is 26.9. The summed E-state index contributed by atoms with van der Waals surface area (Å²) in [6, 6.07) is 20.1. The number of allylic oxidation sites excluding steroid dienone is 1. The van der Waals surface area contributed by atoms with Crippen molar-refractivity contribution in [2.75, 3.05) is 32.2 Å². The molecule has 6 atom stereocenters. The van der Waals surface area contributed by atoms with Crippen molar-refractivity contribution in [1.82, 2.24) is 0 Å². The van der Waals surface area contributed by atoms with Gasteiger partial charge in [0.1, 0.15) is 24.4 Å². The Morgan fingerprint density at radius 3 is 2.41 bits per heavy atom. The van der Waals surface area contributed by atoms with Gasteiger partial charge in [-0.15, -0.1) is 18.3 Å². The van der Waals surface area contributed by atoms with Crippen molar-refractivity contribution in [3.05, 3.63) is 102 Å². The van der Waals surface area contributed by atoms with E-state index in [0.29, 0.717) is 12.8 Å². The third kappa shape index (κ3) is 8.57. The lowest BCUT2D eigenvalue weighted by Gasteiger charge is -2.58. The quantitative estimate of drug-likeness (QED) is 0.0710. The summed E-state index contributed by atoms with van der Waals surface area (Å²) in [7, 11) is 1.59. The van der Waals surface area contributed by atoms with Crippen molar-refractivity contribution in [3.63, 3.8) is 0 Å². The van der Waals surface area contributed by atoms with E-state index in [2.05, 4.69) is 55.2 Å². The molecule has 3 N–H and O–H groups in total.